The molecule has 0 amide bonds. The zero-order valence-electron chi connectivity index (χ0n) is 9.94. The monoisotopic (exact) mass is 225 g/mol. The number of aryl methyl sites for hydroxylation is 1. The van der Waals surface area contributed by atoms with Crippen molar-refractivity contribution < 1.29 is 4.74 Å². The number of hydrogen-bond donors (Lipinski definition) is 0. The Bertz CT molecular complexity index is 548. The molecule has 0 N–H and O–H groups in total. The van der Waals surface area contributed by atoms with Crippen LogP contribution in [0.25, 0.3) is 0 Å². The third-order valence-electron chi connectivity index (χ3n) is 3.08. The van der Waals surface area contributed by atoms with E-state index in [2.05, 4.69) is 30.1 Å². The Morgan fingerprint density at radius 3 is 3.00 bits per heavy atom. The van der Waals surface area contributed by atoms with Gasteiger partial charge >= 0.3 is 0 Å². The molecule has 1 aliphatic rings. The van der Waals surface area contributed by atoms with Crippen LogP contribution in [0.5, 0.6) is 11.6 Å². The highest BCUT2D eigenvalue weighted by atomic mass is 16.5. The summed E-state index contributed by atoms with van der Waals surface area (Å²) in [7, 11) is 0. The van der Waals surface area contributed by atoms with Gasteiger partial charge in [0.15, 0.2) is 0 Å². The predicted octanol–water partition coefficient (Wildman–Crippen LogP) is 3.73. The summed E-state index contributed by atoms with van der Waals surface area (Å²) in [5.41, 5.74) is 3.75. The van der Waals surface area contributed by atoms with Gasteiger partial charge in [-0.1, -0.05) is 31.5 Å². The fraction of sp³-hybridized carbons (Fsp3) is 0.267. The molecule has 2 nitrogen and oxygen atoms in total. The Hall–Kier alpha value is -1.83. The minimum absolute atomic E-state index is 0.767. The van der Waals surface area contributed by atoms with Crippen molar-refractivity contribution >= 4 is 0 Å². The standard InChI is InChI=1S/C15H15NO/c1-2-5-11-8-13-9-12-6-3-4-7-14(12)17-15(13)16-10-11/h3-4,6-8,10H,2,5,9H2,1H3. The molecule has 1 aromatic carbocycles. The second-order valence-corrected chi connectivity index (χ2v) is 4.44. The molecule has 86 valence electrons. The maximum absolute atomic E-state index is 5.80. The fourth-order valence-corrected chi connectivity index (χ4v) is 2.25. The molecular formula is C15H15NO. The first-order valence-corrected chi connectivity index (χ1v) is 6.10. The zero-order valence-corrected chi connectivity index (χ0v) is 9.94. The van der Waals surface area contributed by atoms with Gasteiger partial charge in [-0.15, -0.1) is 0 Å². The van der Waals surface area contributed by atoms with E-state index < -0.39 is 0 Å². The number of pyridine rings is 1. The summed E-state index contributed by atoms with van der Waals surface area (Å²) in [5, 5.41) is 0. The second-order valence-electron chi connectivity index (χ2n) is 4.44. The lowest BCUT2D eigenvalue weighted by Gasteiger charge is -2.19. The lowest BCUT2D eigenvalue weighted by Crippen LogP contribution is -2.05. The first-order valence-electron chi connectivity index (χ1n) is 6.10. The molecule has 0 saturated carbocycles. The highest BCUT2D eigenvalue weighted by molar-refractivity contribution is 5.47. The smallest absolute Gasteiger partial charge is 0.222 e. The first kappa shape index (κ1) is 10.3. The van der Waals surface area contributed by atoms with E-state index in [0.717, 1.165) is 30.9 Å². The Morgan fingerprint density at radius 1 is 1.24 bits per heavy atom. The molecule has 0 radical (unpaired) electrons. The maximum atomic E-state index is 5.80. The minimum atomic E-state index is 0.767. The average molecular weight is 225 g/mol. The van der Waals surface area contributed by atoms with E-state index in [1.54, 1.807) is 0 Å². The summed E-state index contributed by atoms with van der Waals surface area (Å²) in [6.07, 6.45) is 5.09. The van der Waals surface area contributed by atoms with Gasteiger partial charge in [-0.3, -0.25) is 0 Å². The van der Waals surface area contributed by atoms with Crippen LogP contribution in [0.15, 0.2) is 36.5 Å². The van der Waals surface area contributed by atoms with Gasteiger partial charge in [0.1, 0.15) is 5.75 Å². The predicted molar refractivity (Wildman–Crippen MR) is 67.6 cm³/mol. The van der Waals surface area contributed by atoms with E-state index in [4.69, 9.17) is 4.74 Å². The first-order chi connectivity index (χ1) is 8.36. The third kappa shape index (κ3) is 1.91. The summed E-state index contributed by atoms with van der Waals surface area (Å²) in [5.74, 6) is 1.71. The second kappa shape index (κ2) is 4.21. The quantitative estimate of drug-likeness (QED) is 0.663. The van der Waals surface area contributed by atoms with Gasteiger partial charge in [0.05, 0.1) is 0 Å². The summed E-state index contributed by atoms with van der Waals surface area (Å²) in [6, 6.07) is 10.4. The number of para-hydroxylation sites is 1. The van der Waals surface area contributed by atoms with Crippen molar-refractivity contribution in [2.75, 3.05) is 0 Å². The van der Waals surface area contributed by atoms with Crippen LogP contribution in [0.1, 0.15) is 30.0 Å². The highest BCUT2D eigenvalue weighted by Crippen LogP contribution is 2.34. The summed E-state index contributed by atoms with van der Waals surface area (Å²) in [4.78, 5) is 4.41. The molecule has 0 aliphatic carbocycles. The summed E-state index contributed by atoms with van der Waals surface area (Å²) < 4.78 is 5.80. The van der Waals surface area contributed by atoms with E-state index in [1.165, 1.54) is 16.7 Å². The van der Waals surface area contributed by atoms with Gasteiger partial charge in [0.25, 0.3) is 0 Å². The molecule has 0 spiro atoms. The molecule has 0 saturated heterocycles. The molecule has 0 atom stereocenters. The van der Waals surface area contributed by atoms with Crippen molar-refractivity contribution in [2.45, 2.75) is 26.2 Å². The molecular weight excluding hydrogens is 210 g/mol. The van der Waals surface area contributed by atoms with Crippen LogP contribution >= 0.6 is 0 Å². The van der Waals surface area contributed by atoms with Gasteiger partial charge in [-0.25, -0.2) is 4.98 Å². The largest absolute Gasteiger partial charge is 0.438 e. The van der Waals surface area contributed by atoms with Crippen LogP contribution in [0.3, 0.4) is 0 Å². The van der Waals surface area contributed by atoms with Gasteiger partial charge in [-0.2, -0.15) is 0 Å². The molecule has 0 fully saturated rings. The lowest BCUT2D eigenvalue weighted by atomic mass is 10.0. The van der Waals surface area contributed by atoms with E-state index in [1.807, 2.05) is 18.3 Å². The number of aromatic nitrogens is 1. The Kier molecular flexibility index (Phi) is 2.56. The van der Waals surface area contributed by atoms with Crippen LogP contribution in [0.4, 0.5) is 0 Å². The van der Waals surface area contributed by atoms with Gasteiger partial charge in [0, 0.05) is 18.2 Å². The average Bonchev–Trinajstić information content (AvgIpc) is 2.36. The molecule has 2 heterocycles. The molecule has 1 aromatic heterocycles. The van der Waals surface area contributed by atoms with Crippen LogP contribution < -0.4 is 4.74 Å². The number of hydrogen-bond acceptors (Lipinski definition) is 2. The maximum Gasteiger partial charge on any atom is 0.222 e. The Morgan fingerprint density at radius 2 is 2.12 bits per heavy atom. The van der Waals surface area contributed by atoms with Crippen LogP contribution in [-0.2, 0) is 12.8 Å². The van der Waals surface area contributed by atoms with Crippen molar-refractivity contribution in [1.82, 2.24) is 4.98 Å². The van der Waals surface area contributed by atoms with Crippen molar-refractivity contribution in [3.63, 3.8) is 0 Å². The summed E-state index contributed by atoms with van der Waals surface area (Å²) in [6.45, 7) is 2.19. The van der Waals surface area contributed by atoms with Crippen LogP contribution in [0, 0.1) is 0 Å². The van der Waals surface area contributed by atoms with Gasteiger partial charge in [0.2, 0.25) is 5.88 Å². The zero-order chi connectivity index (χ0) is 11.7. The minimum Gasteiger partial charge on any atom is -0.438 e. The molecule has 0 unspecified atom stereocenters. The van der Waals surface area contributed by atoms with E-state index >= 15 is 0 Å². The van der Waals surface area contributed by atoms with Crippen LogP contribution in [-0.4, -0.2) is 4.98 Å². The fourth-order valence-electron chi connectivity index (χ4n) is 2.25. The Balaban J connectivity index is 1.97. The van der Waals surface area contributed by atoms with Crippen molar-refractivity contribution in [2.24, 2.45) is 0 Å². The molecule has 17 heavy (non-hydrogen) atoms. The number of rotatable bonds is 2. The molecule has 1 aliphatic heterocycles. The van der Waals surface area contributed by atoms with Crippen molar-refractivity contribution in [3.05, 3.63) is 53.2 Å². The van der Waals surface area contributed by atoms with Gasteiger partial charge < -0.3 is 4.74 Å². The van der Waals surface area contributed by atoms with Gasteiger partial charge in [-0.05, 0) is 29.7 Å². The summed E-state index contributed by atoms with van der Waals surface area (Å²) >= 11 is 0. The number of benzene rings is 1. The van der Waals surface area contributed by atoms with Crippen molar-refractivity contribution in [3.8, 4) is 11.6 Å². The Labute approximate surface area is 101 Å². The molecule has 0 bridgehead atoms. The highest BCUT2D eigenvalue weighted by Gasteiger charge is 2.17. The lowest BCUT2D eigenvalue weighted by molar-refractivity contribution is 0.440. The molecule has 2 heteroatoms. The SMILES string of the molecule is CCCc1cnc2c(c1)Cc1ccccc1O2. The third-order valence-corrected chi connectivity index (χ3v) is 3.08. The normalized spacial score (nSPS) is 12.5. The van der Waals surface area contributed by atoms with E-state index in [0.29, 0.717) is 0 Å². The topological polar surface area (TPSA) is 22.1 Å². The number of fused-ring (bicyclic) bond motifs is 2. The molecule has 2 aromatic rings. The van der Waals surface area contributed by atoms with E-state index in [-0.39, 0.29) is 0 Å². The number of nitrogens with zero attached hydrogens (tertiary/aromatic N) is 1. The van der Waals surface area contributed by atoms with E-state index in [9.17, 15) is 0 Å². The molecule has 3 rings (SSSR count). The van der Waals surface area contributed by atoms with Crippen LogP contribution in [0.2, 0.25) is 0 Å². The van der Waals surface area contributed by atoms with Crippen molar-refractivity contribution in [1.29, 1.82) is 0 Å². The number of ether oxygens (including phenoxy) is 1.